The van der Waals surface area contributed by atoms with Crippen LogP contribution in [0.4, 0.5) is 0 Å². The number of Topliss-reactive ketones (excluding diaryl/α,β-unsaturated/α-hetero) is 1. The van der Waals surface area contributed by atoms with E-state index in [0.29, 0.717) is 18.6 Å². The molecule has 0 aliphatic heterocycles. The summed E-state index contributed by atoms with van der Waals surface area (Å²) in [7, 11) is -3.60. The molecular formula is C24H46O3Si2. The summed E-state index contributed by atoms with van der Waals surface area (Å²) in [5, 5.41) is 0.149. The highest BCUT2D eigenvalue weighted by molar-refractivity contribution is 6.74. The molecule has 1 aliphatic carbocycles. The van der Waals surface area contributed by atoms with Gasteiger partial charge in [0.15, 0.2) is 16.6 Å². The lowest BCUT2D eigenvalue weighted by Gasteiger charge is -2.39. The molecule has 0 spiro atoms. The van der Waals surface area contributed by atoms with Gasteiger partial charge in [-0.05, 0) is 50.6 Å². The molecule has 0 saturated heterocycles. The number of hydrogen-bond acceptors (Lipinski definition) is 3. The topological polar surface area (TPSA) is 35.5 Å². The van der Waals surface area contributed by atoms with Gasteiger partial charge in [0, 0.05) is 18.8 Å². The predicted octanol–water partition coefficient (Wildman–Crippen LogP) is 7.27. The minimum Gasteiger partial charge on any atom is -0.413 e. The van der Waals surface area contributed by atoms with Crippen LogP contribution in [0.1, 0.15) is 66.2 Å². The first kappa shape index (κ1) is 26.5. The Hall–Kier alpha value is -0.496. The minimum atomic E-state index is -1.89. The molecule has 0 aromatic carbocycles. The monoisotopic (exact) mass is 438 g/mol. The van der Waals surface area contributed by atoms with Crippen LogP contribution in [-0.2, 0) is 13.6 Å². The van der Waals surface area contributed by atoms with E-state index in [0.717, 1.165) is 25.7 Å². The summed E-state index contributed by atoms with van der Waals surface area (Å²) in [6, 6.07) is 0. The molecule has 0 aromatic heterocycles. The van der Waals surface area contributed by atoms with Crippen molar-refractivity contribution in [3.63, 3.8) is 0 Å². The Balaban J connectivity index is 2.93. The van der Waals surface area contributed by atoms with Gasteiger partial charge in [-0.15, -0.1) is 6.58 Å². The predicted molar refractivity (Wildman–Crippen MR) is 130 cm³/mol. The van der Waals surface area contributed by atoms with E-state index in [1.807, 2.05) is 6.08 Å². The van der Waals surface area contributed by atoms with Gasteiger partial charge in [0.1, 0.15) is 5.78 Å². The smallest absolute Gasteiger partial charge is 0.192 e. The fourth-order valence-corrected chi connectivity index (χ4v) is 6.54. The second kappa shape index (κ2) is 10.2. The van der Waals surface area contributed by atoms with E-state index < -0.39 is 16.6 Å². The molecule has 1 fully saturated rings. The van der Waals surface area contributed by atoms with Gasteiger partial charge in [0.05, 0.1) is 11.7 Å². The Kier molecular flexibility index (Phi) is 9.34. The number of rotatable bonds is 11. The van der Waals surface area contributed by atoms with Crippen molar-refractivity contribution < 1.29 is 13.6 Å². The van der Waals surface area contributed by atoms with Crippen LogP contribution >= 0.6 is 0 Å². The van der Waals surface area contributed by atoms with Gasteiger partial charge < -0.3 is 8.85 Å². The normalized spacial score (nSPS) is 23.6. The van der Waals surface area contributed by atoms with Crippen molar-refractivity contribution in [1.82, 2.24) is 0 Å². The van der Waals surface area contributed by atoms with E-state index in [2.05, 4.69) is 79.2 Å². The second-order valence-electron chi connectivity index (χ2n) is 11.2. The molecular weight excluding hydrogens is 392 g/mol. The lowest BCUT2D eigenvalue weighted by molar-refractivity contribution is -0.117. The number of ketones is 1. The van der Waals surface area contributed by atoms with Crippen molar-refractivity contribution in [2.24, 2.45) is 5.92 Å². The molecule has 1 rings (SSSR count). The molecule has 3 nitrogen and oxygen atoms in total. The number of unbranched alkanes of at least 4 members (excludes halogenated alkanes) is 1. The van der Waals surface area contributed by atoms with Crippen molar-refractivity contribution in [3.8, 4) is 0 Å². The highest BCUT2D eigenvalue weighted by Crippen LogP contribution is 2.40. The molecule has 5 heteroatoms. The van der Waals surface area contributed by atoms with Crippen LogP contribution in [0.15, 0.2) is 24.8 Å². The van der Waals surface area contributed by atoms with E-state index >= 15 is 0 Å². The molecule has 0 radical (unpaired) electrons. The highest BCUT2D eigenvalue weighted by Gasteiger charge is 2.43. The fraction of sp³-hybridized carbons (Fsp3) is 0.792. The summed E-state index contributed by atoms with van der Waals surface area (Å²) in [5.74, 6) is 0.500. The summed E-state index contributed by atoms with van der Waals surface area (Å²) in [6.07, 6.45) is 11.7. The zero-order valence-electron chi connectivity index (χ0n) is 20.6. The molecule has 0 amide bonds. The van der Waals surface area contributed by atoms with Crippen LogP contribution in [0.5, 0.6) is 0 Å². The Labute approximate surface area is 182 Å². The van der Waals surface area contributed by atoms with Crippen LogP contribution in [-0.4, -0.2) is 34.1 Å². The highest BCUT2D eigenvalue weighted by atomic mass is 28.4. The zero-order chi connectivity index (χ0) is 22.5. The van der Waals surface area contributed by atoms with Crippen molar-refractivity contribution >= 4 is 22.4 Å². The van der Waals surface area contributed by atoms with Gasteiger partial charge >= 0.3 is 0 Å². The maximum absolute atomic E-state index is 12.2. The maximum atomic E-state index is 12.2. The Morgan fingerprint density at radius 2 is 1.76 bits per heavy atom. The first-order chi connectivity index (χ1) is 13.1. The first-order valence-electron chi connectivity index (χ1n) is 11.3. The number of hydrogen-bond donors (Lipinski definition) is 0. The Morgan fingerprint density at radius 1 is 1.14 bits per heavy atom. The average Bonchev–Trinajstić information content (AvgIpc) is 2.89. The molecule has 0 heterocycles. The molecule has 3 atom stereocenters. The molecule has 29 heavy (non-hydrogen) atoms. The van der Waals surface area contributed by atoms with Crippen molar-refractivity contribution in [1.29, 1.82) is 0 Å². The van der Waals surface area contributed by atoms with E-state index in [9.17, 15) is 4.79 Å². The molecule has 1 unspecified atom stereocenters. The largest absolute Gasteiger partial charge is 0.413 e. The van der Waals surface area contributed by atoms with Gasteiger partial charge in [0.25, 0.3) is 0 Å². The fourth-order valence-electron chi connectivity index (χ4n) is 3.68. The SMILES string of the molecule is C=CC(CC=C[C@@H]1CC(=O)C[C@H]1O[Si](C)(C)C(C)(C)C)(CCCC)O[Si](C)(C)C. The van der Waals surface area contributed by atoms with Crippen LogP contribution in [0.2, 0.25) is 37.8 Å². The number of carbonyl (C=O) groups excluding carboxylic acids is 1. The van der Waals surface area contributed by atoms with Gasteiger partial charge in [-0.25, -0.2) is 0 Å². The van der Waals surface area contributed by atoms with Crippen molar-refractivity contribution in [2.45, 2.75) is 116 Å². The molecule has 168 valence electrons. The molecule has 1 aliphatic rings. The molecule has 1 saturated carbocycles. The Bertz CT molecular complexity index is 584. The number of carbonyl (C=O) groups is 1. The molecule has 0 aromatic rings. The van der Waals surface area contributed by atoms with Crippen LogP contribution in [0.25, 0.3) is 0 Å². The third kappa shape index (κ3) is 8.27. The Morgan fingerprint density at radius 3 is 2.24 bits per heavy atom. The summed E-state index contributed by atoms with van der Waals surface area (Å²) in [4.78, 5) is 12.2. The lowest BCUT2D eigenvalue weighted by atomic mass is 9.92. The van der Waals surface area contributed by atoms with Gasteiger partial charge in [-0.3, -0.25) is 4.79 Å². The van der Waals surface area contributed by atoms with E-state index in [-0.39, 0.29) is 22.7 Å². The summed E-state index contributed by atoms with van der Waals surface area (Å²) < 4.78 is 13.2. The maximum Gasteiger partial charge on any atom is 0.192 e. The third-order valence-corrected chi connectivity index (χ3v) is 11.8. The minimum absolute atomic E-state index is 0.0197. The standard InChI is InChI=1S/C24H46O3Si2/c1-11-13-16-24(12-2,27-28(6,7)8)17-14-15-20-18-21(25)19-22(20)26-29(9,10)23(3,4)5/h12,14-15,20,22H,2,11,13,16-19H2,1,3-10H3/t20-,22-,24?/m1/s1. The van der Waals surface area contributed by atoms with E-state index in [1.165, 1.54) is 0 Å². The van der Waals surface area contributed by atoms with Gasteiger partial charge in [-0.1, -0.05) is 58.8 Å². The molecule has 0 N–H and O–H groups in total. The van der Waals surface area contributed by atoms with Gasteiger partial charge in [-0.2, -0.15) is 0 Å². The van der Waals surface area contributed by atoms with Gasteiger partial charge in [0.2, 0.25) is 0 Å². The first-order valence-corrected chi connectivity index (χ1v) is 17.7. The van der Waals surface area contributed by atoms with E-state index in [1.54, 1.807) is 0 Å². The lowest BCUT2D eigenvalue weighted by Crippen LogP contribution is -2.44. The van der Waals surface area contributed by atoms with Crippen LogP contribution in [0.3, 0.4) is 0 Å². The van der Waals surface area contributed by atoms with Crippen molar-refractivity contribution in [3.05, 3.63) is 24.8 Å². The summed E-state index contributed by atoms with van der Waals surface area (Å²) in [5.41, 5.74) is -0.296. The average molecular weight is 439 g/mol. The third-order valence-electron chi connectivity index (χ3n) is 6.30. The summed E-state index contributed by atoms with van der Waals surface area (Å²) in [6.45, 7) is 24.3. The second-order valence-corrected chi connectivity index (χ2v) is 20.4. The zero-order valence-corrected chi connectivity index (χ0v) is 22.6. The van der Waals surface area contributed by atoms with Crippen LogP contribution in [0, 0.1) is 5.92 Å². The quantitative estimate of drug-likeness (QED) is 0.251. The molecule has 0 bridgehead atoms. The van der Waals surface area contributed by atoms with Crippen molar-refractivity contribution in [2.75, 3.05) is 0 Å². The van der Waals surface area contributed by atoms with Crippen LogP contribution < -0.4 is 0 Å². The summed E-state index contributed by atoms with van der Waals surface area (Å²) >= 11 is 0. The van der Waals surface area contributed by atoms with E-state index in [4.69, 9.17) is 8.85 Å².